The first-order valence-corrected chi connectivity index (χ1v) is 7.14. The van der Waals surface area contributed by atoms with Crippen LogP contribution in [0.1, 0.15) is 52.4 Å². The van der Waals surface area contributed by atoms with E-state index in [0.717, 1.165) is 32.1 Å². The van der Waals surface area contributed by atoms with Crippen LogP contribution in [0.25, 0.3) is 0 Å². The van der Waals surface area contributed by atoms with E-state index in [1.165, 1.54) is 7.11 Å². The molecule has 4 aliphatic rings. The van der Waals surface area contributed by atoms with E-state index in [0.29, 0.717) is 12.0 Å². The van der Waals surface area contributed by atoms with Gasteiger partial charge in [-0.3, -0.25) is 0 Å². The number of hydrogen-bond donors (Lipinski definition) is 1. The first-order chi connectivity index (χ1) is 8.63. The van der Waals surface area contributed by atoms with Crippen molar-refractivity contribution in [3.8, 4) is 0 Å². The molecule has 4 aliphatic carbocycles. The quantitative estimate of drug-likeness (QED) is 0.616. The monoisotopic (exact) mass is 264 g/mol. The molecule has 4 rings (SSSR count). The molecule has 4 fully saturated rings. The predicted octanol–water partition coefficient (Wildman–Crippen LogP) is 2.83. The minimum Gasteiger partial charge on any atom is -0.466 e. The van der Waals surface area contributed by atoms with E-state index in [1.807, 2.05) is 0 Å². The molecule has 0 aromatic carbocycles. The van der Waals surface area contributed by atoms with E-state index in [-0.39, 0.29) is 22.2 Å². The third kappa shape index (κ3) is 1.78. The van der Waals surface area contributed by atoms with E-state index in [1.54, 1.807) is 0 Å². The Balaban J connectivity index is 2.04. The molecule has 2 atom stereocenters. The van der Waals surface area contributed by atoms with Gasteiger partial charge in [0.1, 0.15) is 0 Å². The largest absolute Gasteiger partial charge is 0.466 e. The maximum Gasteiger partial charge on any atom is 0.333 e. The van der Waals surface area contributed by atoms with Crippen molar-refractivity contribution >= 4 is 5.97 Å². The number of esters is 1. The summed E-state index contributed by atoms with van der Waals surface area (Å²) in [5.74, 6) is -0.308. The number of hydrogen-bond acceptors (Lipinski definition) is 3. The van der Waals surface area contributed by atoms with Gasteiger partial charge < -0.3 is 9.84 Å². The normalized spacial score (nSPS) is 51.2. The lowest BCUT2D eigenvalue weighted by Gasteiger charge is -2.68. The summed E-state index contributed by atoms with van der Waals surface area (Å²) >= 11 is 0. The van der Waals surface area contributed by atoms with Crippen molar-refractivity contribution in [1.29, 1.82) is 0 Å². The van der Waals surface area contributed by atoms with Crippen molar-refractivity contribution in [1.82, 2.24) is 0 Å². The molecule has 0 aromatic heterocycles. The highest BCUT2D eigenvalue weighted by molar-refractivity contribution is 5.89. The molecular weight excluding hydrogens is 240 g/mol. The maximum atomic E-state index is 11.9. The molecule has 3 nitrogen and oxygen atoms in total. The minimum atomic E-state index is -0.616. The van der Waals surface area contributed by atoms with Crippen LogP contribution in [0, 0.1) is 16.2 Å². The van der Waals surface area contributed by atoms with Gasteiger partial charge in [0, 0.05) is 11.0 Å². The van der Waals surface area contributed by atoms with Gasteiger partial charge in [-0.05, 0) is 49.4 Å². The van der Waals surface area contributed by atoms with Crippen molar-refractivity contribution in [3.63, 3.8) is 0 Å². The van der Waals surface area contributed by atoms with Gasteiger partial charge in [-0.2, -0.15) is 0 Å². The first kappa shape index (κ1) is 13.2. The zero-order valence-electron chi connectivity index (χ0n) is 12.2. The highest BCUT2D eigenvalue weighted by atomic mass is 16.5. The predicted molar refractivity (Wildman–Crippen MR) is 72.5 cm³/mol. The Morgan fingerprint density at radius 3 is 2.00 bits per heavy atom. The molecule has 19 heavy (non-hydrogen) atoms. The second-order valence-electron chi connectivity index (χ2n) is 8.16. The summed E-state index contributed by atoms with van der Waals surface area (Å²) in [7, 11) is 1.41. The van der Waals surface area contributed by atoms with Gasteiger partial charge in [-0.15, -0.1) is 0 Å². The molecule has 0 spiro atoms. The highest BCUT2D eigenvalue weighted by Gasteiger charge is 2.66. The Kier molecular flexibility index (Phi) is 2.38. The molecule has 0 aromatic rings. The SMILES string of the molecule is C=C(C(=O)OC)C12CC3(C)CC(C)(CC(O)(C3)C1)C2. The summed E-state index contributed by atoms with van der Waals surface area (Å²) < 4.78 is 4.88. The summed E-state index contributed by atoms with van der Waals surface area (Å²) in [5, 5.41) is 10.9. The van der Waals surface area contributed by atoms with Gasteiger partial charge in [0.15, 0.2) is 0 Å². The Bertz CT molecular complexity index is 411. The zero-order chi connectivity index (χ0) is 14.1. The molecule has 106 valence electrons. The van der Waals surface area contributed by atoms with Gasteiger partial charge in [0.05, 0.1) is 12.7 Å². The van der Waals surface area contributed by atoms with Gasteiger partial charge in [-0.1, -0.05) is 20.4 Å². The molecule has 2 unspecified atom stereocenters. The second-order valence-corrected chi connectivity index (χ2v) is 8.16. The zero-order valence-corrected chi connectivity index (χ0v) is 12.2. The molecule has 0 radical (unpaired) electrons. The summed E-state index contributed by atoms with van der Waals surface area (Å²) in [4.78, 5) is 11.9. The Labute approximate surface area is 115 Å². The standard InChI is InChI=1S/C16H24O3/c1-11(12(17)19-4)15-6-13(2)5-14(3,7-15)9-16(18,8-13)10-15/h18H,1,5-10H2,2-4H3. The van der Waals surface area contributed by atoms with E-state index >= 15 is 0 Å². The molecule has 4 bridgehead atoms. The van der Waals surface area contributed by atoms with Crippen LogP contribution < -0.4 is 0 Å². The topological polar surface area (TPSA) is 46.5 Å². The lowest BCUT2D eigenvalue weighted by Crippen LogP contribution is -2.63. The fraction of sp³-hybridized carbons (Fsp3) is 0.812. The van der Waals surface area contributed by atoms with Crippen LogP contribution in [0.4, 0.5) is 0 Å². The van der Waals surface area contributed by atoms with Crippen molar-refractivity contribution < 1.29 is 14.6 Å². The van der Waals surface area contributed by atoms with Gasteiger partial charge >= 0.3 is 5.97 Å². The number of carbonyl (C=O) groups is 1. The van der Waals surface area contributed by atoms with Crippen LogP contribution in [0.2, 0.25) is 0 Å². The smallest absolute Gasteiger partial charge is 0.333 e. The molecule has 4 saturated carbocycles. The fourth-order valence-electron chi connectivity index (χ4n) is 6.29. The molecule has 3 heteroatoms. The van der Waals surface area contributed by atoms with Gasteiger partial charge in [0.25, 0.3) is 0 Å². The van der Waals surface area contributed by atoms with Crippen LogP contribution >= 0.6 is 0 Å². The van der Waals surface area contributed by atoms with Crippen LogP contribution in [-0.4, -0.2) is 23.8 Å². The van der Waals surface area contributed by atoms with Crippen LogP contribution in [0.15, 0.2) is 12.2 Å². The second kappa shape index (κ2) is 3.43. The lowest BCUT2D eigenvalue weighted by molar-refractivity contribution is -0.215. The average Bonchev–Trinajstić information content (AvgIpc) is 2.20. The Hall–Kier alpha value is -0.830. The average molecular weight is 264 g/mol. The van der Waals surface area contributed by atoms with Crippen molar-refractivity contribution in [2.45, 2.75) is 58.0 Å². The number of ether oxygens (including phenoxy) is 1. The summed E-state index contributed by atoms with van der Waals surface area (Å²) in [6.45, 7) is 8.54. The molecule has 0 amide bonds. The molecular formula is C16H24O3. The maximum absolute atomic E-state index is 11.9. The van der Waals surface area contributed by atoms with E-state index < -0.39 is 5.60 Å². The number of methoxy groups -OCH3 is 1. The van der Waals surface area contributed by atoms with E-state index in [4.69, 9.17) is 4.74 Å². The van der Waals surface area contributed by atoms with Gasteiger partial charge in [0.2, 0.25) is 0 Å². The summed E-state index contributed by atoms with van der Waals surface area (Å²) in [5.41, 5.74) is -0.0234. The van der Waals surface area contributed by atoms with Crippen molar-refractivity contribution in [2.24, 2.45) is 16.2 Å². The minimum absolute atomic E-state index is 0.134. The third-order valence-corrected chi connectivity index (χ3v) is 5.63. The fourth-order valence-corrected chi connectivity index (χ4v) is 6.29. The summed E-state index contributed by atoms with van der Waals surface area (Å²) in [6, 6.07) is 0. The van der Waals surface area contributed by atoms with Crippen LogP contribution in [-0.2, 0) is 9.53 Å². The van der Waals surface area contributed by atoms with Gasteiger partial charge in [-0.25, -0.2) is 4.79 Å². The lowest BCUT2D eigenvalue weighted by atomic mass is 9.38. The first-order valence-electron chi connectivity index (χ1n) is 7.14. The van der Waals surface area contributed by atoms with Crippen LogP contribution in [0.3, 0.4) is 0 Å². The Morgan fingerprint density at radius 2 is 1.58 bits per heavy atom. The third-order valence-electron chi connectivity index (χ3n) is 5.63. The number of carbonyl (C=O) groups excluding carboxylic acids is 1. The number of rotatable bonds is 2. The molecule has 1 N–H and O–H groups in total. The van der Waals surface area contributed by atoms with Crippen molar-refractivity contribution in [3.05, 3.63) is 12.2 Å². The van der Waals surface area contributed by atoms with Crippen LogP contribution in [0.5, 0.6) is 0 Å². The van der Waals surface area contributed by atoms with Crippen molar-refractivity contribution in [2.75, 3.05) is 7.11 Å². The highest BCUT2D eigenvalue weighted by Crippen LogP contribution is 2.72. The molecule has 0 heterocycles. The summed E-state index contributed by atoms with van der Waals surface area (Å²) in [6.07, 6.45) is 5.49. The molecule has 0 saturated heterocycles. The Morgan fingerprint density at radius 1 is 1.05 bits per heavy atom. The molecule has 0 aliphatic heterocycles. The van der Waals surface area contributed by atoms with E-state index in [2.05, 4.69) is 20.4 Å². The number of aliphatic hydroxyl groups is 1. The van der Waals surface area contributed by atoms with E-state index in [9.17, 15) is 9.90 Å².